The van der Waals surface area contributed by atoms with E-state index >= 15 is 0 Å². The van der Waals surface area contributed by atoms with Gasteiger partial charge in [-0.3, -0.25) is 0 Å². The Balaban J connectivity index is 2.28. The molecule has 1 aromatic heterocycles. The third kappa shape index (κ3) is 2.34. The number of aromatic nitrogens is 1. The molecule has 2 rings (SSSR count). The Hall–Kier alpha value is -2.40. The van der Waals surface area contributed by atoms with Gasteiger partial charge in [0.25, 0.3) is 0 Å². The van der Waals surface area contributed by atoms with Gasteiger partial charge in [0, 0.05) is 11.8 Å². The summed E-state index contributed by atoms with van der Waals surface area (Å²) < 4.78 is 0. The SMILES string of the molecule is N#Cc1ncccc1/C=C/c1ccccc1. The fraction of sp³-hybridized carbons (Fsp3) is 0. The van der Waals surface area contributed by atoms with E-state index in [-0.39, 0.29) is 0 Å². The molecule has 0 spiro atoms. The van der Waals surface area contributed by atoms with E-state index < -0.39 is 0 Å². The van der Waals surface area contributed by atoms with E-state index in [1.54, 1.807) is 6.20 Å². The highest BCUT2D eigenvalue weighted by atomic mass is 14.7. The van der Waals surface area contributed by atoms with E-state index in [2.05, 4.69) is 11.1 Å². The lowest BCUT2D eigenvalue weighted by molar-refractivity contribution is 1.25. The molecule has 0 saturated carbocycles. The van der Waals surface area contributed by atoms with Gasteiger partial charge in [0.1, 0.15) is 11.8 Å². The van der Waals surface area contributed by atoms with Gasteiger partial charge in [-0.1, -0.05) is 48.6 Å². The minimum absolute atomic E-state index is 0.453. The van der Waals surface area contributed by atoms with Crippen LogP contribution in [0.2, 0.25) is 0 Å². The number of benzene rings is 1. The second-order valence-corrected chi connectivity index (χ2v) is 3.30. The summed E-state index contributed by atoms with van der Waals surface area (Å²) in [5, 5.41) is 8.87. The Morgan fingerprint density at radius 3 is 2.56 bits per heavy atom. The zero-order chi connectivity index (χ0) is 11.2. The van der Waals surface area contributed by atoms with E-state index in [1.807, 2.05) is 54.6 Å². The van der Waals surface area contributed by atoms with Crippen LogP contribution in [0.15, 0.2) is 48.7 Å². The van der Waals surface area contributed by atoms with Gasteiger partial charge in [-0.25, -0.2) is 4.98 Å². The standard InChI is InChI=1S/C14H10N2/c15-11-14-13(7-4-10-16-14)9-8-12-5-2-1-3-6-12/h1-10H/b9-8+. The Kier molecular flexibility index (Phi) is 3.10. The molecule has 1 aromatic carbocycles. The van der Waals surface area contributed by atoms with Gasteiger partial charge in [0.05, 0.1) is 0 Å². The molecule has 0 aliphatic rings. The lowest BCUT2D eigenvalue weighted by Gasteiger charge is -1.95. The predicted octanol–water partition coefficient (Wildman–Crippen LogP) is 3.12. The van der Waals surface area contributed by atoms with Gasteiger partial charge in [0.15, 0.2) is 0 Å². The van der Waals surface area contributed by atoms with Crippen LogP contribution < -0.4 is 0 Å². The molecule has 0 radical (unpaired) electrons. The fourth-order valence-corrected chi connectivity index (χ4v) is 1.40. The van der Waals surface area contributed by atoms with Crippen LogP contribution in [0.1, 0.15) is 16.8 Å². The molecule has 0 aliphatic carbocycles. The summed E-state index contributed by atoms with van der Waals surface area (Å²) in [7, 11) is 0. The lowest BCUT2D eigenvalue weighted by atomic mass is 10.1. The second-order valence-electron chi connectivity index (χ2n) is 3.30. The minimum Gasteiger partial charge on any atom is -0.245 e. The van der Waals surface area contributed by atoms with Crippen molar-refractivity contribution in [3.8, 4) is 6.07 Å². The number of rotatable bonds is 2. The van der Waals surface area contributed by atoms with Gasteiger partial charge in [-0.15, -0.1) is 0 Å². The molecule has 0 N–H and O–H groups in total. The summed E-state index contributed by atoms with van der Waals surface area (Å²) >= 11 is 0. The van der Waals surface area contributed by atoms with Crippen LogP contribution in [0.25, 0.3) is 12.2 Å². The Morgan fingerprint density at radius 2 is 1.81 bits per heavy atom. The topological polar surface area (TPSA) is 36.7 Å². The normalized spacial score (nSPS) is 10.2. The first-order chi connectivity index (χ1) is 7.90. The monoisotopic (exact) mass is 206 g/mol. The first kappa shape index (κ1) is 10.1. The molecular formula is C14H10N2. The van der Waals surface area contributed by atoms with Crippen molar-refractivity contribution in [1.29, 1.82) is 5.26 Å². The van der Waals surface area contributed by atoms with E-state index in [1.165, 1.54) is 0 Å². The van der Waals surface area contributed by atoms with Crippen molar-refractivity contribution < 1.29 is 0 Å². The Bertz CT molecular complexity index is 536. The van der Waals surface area contributed by atoms with E-state index in [9.17, 15) is 0 Å². The zero-order valence-electron chi connectivity index (χ0n) is 8.67. The number of hydrogen-bond donors (Lipinski definition) is 0. The summed E-state index contributed by atoms with van der Waals surface area (Å²) in [5.74, 6) is 0. The maximum atomic E-state index is 8.87. The maximum Gasteiger partial charge on any atom is 0.147 e. The molecular weight excluding hydrogens is 196 g/mol. The van der Waals surface area contributed by atoms with Crippen LogP contribution in [0.4, 0.5) is 0 Å². The highest BCUT2D eigenvalue weighted by Crippen LogP contribution is 2.10. The summed E-state index contributed by atoms with van der Waals surface area (Å²) in [6.45, 7) is 0. The third-order valence-corrected chi connectivity index (χ3v) is 2.20. The molecule has 0 bridgehead atoms. The zero-order valence-corrected chi connectivity index (χ0v) is 8.67. The first-order valence-electron chi connectivity index (χ1n) is 4.98. The third-order valence-electron chi connectivity index (χ3n) is 2.20. The average molecular weight is 206 g/mol. The quantitative estimate of drug-likeness (QED) is 0.756. The van der Waals surface area contributed by atoms with Crippen LogP contribution in [0.3, 0.4) is 0 Å². The van der Waals surface area contributed by atoms with Crippen molar-refractivity contribution in [1.82, 2.24) is 4.98 Å². The largest absolute Gasteiger partial charge is 0.245 e. The van der Waals surface area contributed by atoms with Crippen LogP contribution >= 0.6 is 0 Å². The van der Waals surface area contributed by atoms with Crippen molar-refractivity contribution in [2.24, 2.45) is 0 Å². The molecule has 0 aliphatic heterocycles. The van der Waals surface area contributed by atoms with Crippen molar-refractivity contribution in [2.75, 3.05) is 0 Å². The summed E-state index contributed by atoms with van der Waals surface area (Å²) in [6, 6.07) is 15.7. The van der Waals surface area contributed by atoms with Crippen molar-refractivity contribution in [2.45, 2.75) is 0 Å². The molecule has 2 heteroatoms. The van der Waals surface area contributed by atoms with Crippen LogP contribution in [-0.4, -0.2) is 4.98 Å². The number of nitrogens with zero attached hydrogens (tertiary/aromatic N) is 2. The van der Waals surface area contributed by atoms with Crippen LogP contribution in [-0.2, 0) is 0 Å². The predicted molar refractivity (Wildman–Crippen MR) is 64.3 cm³/mol. The number of pyridine rings is 1. The lowest BCUT2D eigenvalue weighted by Crippen LogP contribution is -1.85. The summed E-state index contributed by atoms with van der Waals surface area (Å²) in [5.41, 5.74) is 2.40. The molecule has 0 atom stereocenters. The van der Waals surface area contributed by atoms with Gasteiger partial charge in [0.2, 0.25) is 0 Å². The van der Waals surface area contributed by atoms with Crippen molar-refractivity contribution >= 4 is 12.2 Å². The molecule has 1 heterocycles. The highest BCUT2D eigenvalue weighted by molar-refractivity contribution is 5.71. The molecule has 76 valence electrons. The van der Waals surface area contributed by atoms with Crippen molar-refractivity contribution in [3.63, 3.8) is 0 Å². The first-order valence-corrected chi connectivity index (χ1v) is 4.98. The van der Waals surface area contributed by atoms with Gasteiger partial charge in [-0.2, -0.15) is 5.26 Å². The molecule has 16 heavy (non-hydrogen) atoms. The molecule has 0 fully saturated rings. The highest BCUT2D eigenvalue weighted by Gasteiger charge is 1.96. The van der Waals surface area contributed by atoms with E-state index in [0.29, 0.717) is 5.69 Å². The van der Waals surface area contributed by atoms with Gasteiger partial charge >= 0.3 is 0 Å². The summed E-state index contributed by atoms with van der Waals surface area (Å²) in [6.07, 6.45) is 5.50. The number of hydrogen-bond acceptors (Lipinski definition) is 2. The molecule has 0 saturated heterocycles. The smallest absolute Gasteiger partial charge is 0.147 e. The van der Waals surface area contributed by atoms with Crippen LogP contribution in [0, 0.1) is 11.3 Å². The maximum absolute atomic E-state index is 8.87. The Morgan fingerprint density at radius 1 is 1.00 bits per heavy atom. The average Bonchev–Trinajstić information content (AvgIpc) is 2.38. The number of nitriles is 1. The molecule has 0 unspecified atom stereocenters. The molecule has 2 aromatic rings. The van der Waals surface area contributed by atoms with E-state index in [4.69, 9.17) is 5.26 Å². The second kappa shape index (κ2) is 4.90. The molecule has 2 nitrogen and oxygen atoms in total. The van der Waals surface area contributed by atoms with Gasteiger partial charge in [-0.05, 0) is 11.6 Å². The molecule has 0 amide bonds. The van der Waals surface area contributed by atoms with E-state index in [0.717, 1.165) is 11.1 Å². The Labute approximate surface area is 94.5 Å². The fourth-order valence-electron chi connectivity index (χ4n) is 1.40. The van der Waals surface area contributed by atoms with Crippen molar-refractivity contribution in [3.05, 3.63) is 65.5 Å². The summed E-state index contributed by atoms with van der Waals surface area (Å²) in [4.78, 5) is 4.00. The van der Waals surface area contributed by atoms with Gasteiger partial charge < -0.3 is 0 Å². The van der Waals surface area contributed by atoms with Crippen LogP contribution in [0.5, 0.6) is 0 Å². The minimum atomic E-state index is 0.453.